The van der Waals surface area contributed by atoms with Gasteiger partial charge >= 0.3 is 5.97 Å². The van der Waals surface area contributed by atoms with Crippen molar-refractivity contribution >= 4 is 21.9 Å². The molecular weight excluding hydrogens is 380 g/mol. The standard InChI is InChI=1S/C20H24N2O5S/c1-15-8-9-18(16(2)12-15)28(25,26)22-11-10-19(23)21-13-20(24)27-14-17-6-4-3-5-7-17/h3-9,12,22H,10-11,13-14H2,1-2H3,(H,21,23). The fourth-order valence-electron chi connectivity index (χ4n) is 2.53. The van der Waals surface area contributed by atoms with Crippen molar-refractivity contribution in [1.29, 1.82) is 0 Å². The summed E-state index contributed by atoms with van der Waals surface area (Å²) in [6.45, 7) is 3.39. The number of esters is 1. The van der Waals surface area contributed by atoms with E-state index in [9.17, 15) is 18.0 Å². The Morgan fingerprint density at radius 1 is 1.04 bits per heavy atom. The molecule has 0 unspecified atom stereocenters. The summed E-state index contributed by atoms with van der Waals surface area (Å²) in [5, 5.41) is 2.42. The third-order valence-electron chi connectivity index (χ3n) is 3.94. The van der Waals surface area contributed by atoms with Crippen LogP contribution >= 0.6 is 0 Å². The molecule has 1 amide bonds. The number of carbonyl (C=O) groups is 2. The summed E-state index contributed by atoms with van der Waals surface area (Å²) in [5.74, 6) is -1.01. The second-order valence-corrected chi connectivity index (χ2v) is 8.08. The van der Waals surface area contributed by atoms with Gasteiger partial charge < -0.3 is 10.1 Å². The molecule has 2 aromatic rings. The van der Waals surface area contributed by atoms with Gasteiger partial charge in [-0.2, -0.15) is 0 Å². The zero-order valence-corrected chi connectivity index (χ0v) is 16.7. The van der Waals surface area contributed by atoms with Crippen LogP contribution in [0.4, 0.5) is 0 Å². The van der Waals surface area contributed by atoms with Crippen LogP contribution in [0, 0.1) is 13.8 Å². The van der Waals surface area contributed by atoms with Crippen molar-refractivity contribution in [3.63, 3.8) is 0 Å². The number of ether oxygens (including phenoxy) is 1. The van der Waals surface area contributed by atoms with E-state index in [2.05, 4.69) is 10.0 Å². The van der Waals surface area contributed by atoms with Crippen molar-refractivity contribution in [2.24, 2.45) is 0 Å². The van der Waals surface area contributed by atoms with E-state index in [-0.39, 0.29) is 31.0 Å². The molecule has 0 aliphatic heterocycles. The Balaban J connectivity index is 1.71. The van der Waals surface area contributed by atoms with Crippen LogP contribution in [0.25, 0.3) is 0 Å². The van der Waals surface area contributed by atoms with E-state index in [1.54, 1.807) is 19.1 Å². The van der Waals surface area contributed by atoms with Gasteiger partial charge in [0.15, 0.2) is 0 Å². The summed E-state index contributed by atoms with van der Waals surface area (Å²) < 4.78 is 32.1. The first-order valence-electron chi connectivity index (χ1n) is 8.81. The lowest BCUT2D eigenvalue weighted by atomic mass is 10.2. The Labute approximate surface area is 165 Å². The maximum Gasteiger partial charge on any atom is 0.325 e. The van der Waals surface area contributed by atoms with Crippen molar-refractivity contribution in [3.05, 3.63) is 65.2 Å². The van der Waals surface area contributed by atoms with E-state index in [0.717, 1.165) is 11.1 Å². The van der Waals surface area contributed by atoms with E-state index in [4.69, 9.17) is 4.74 Å². The fraction of sp³-hybridized carbons (Fsp3) is 0.300. The SMILES string of the molecule is Cc1ccc(S(=O)(=O)NCCC(=O)NCC(=O)OCc2ccccc2)c(C)c1. The van der Waals surface area contributed by atoms with E-state index < -0.39 is 21.9 Å². The molecule has 0 bridgehead atoms. The number of rotatable bonds is 9. The zero-order valence-electron chi connectivity index (χ0n) is 15.9. The van der Waals surface area contributed by atoms with Gasteiger partial charge in [-0.05, 0) is 31.0 Å². The van der Waals surface area contributed by atoms with Crippen LogP contribution in [0.15, 0.2) is 53.4 Å². The van der Waals surface area contributed by atoms with Gasteiger partial charge in [0.1, 0.15) is 13.2 Å². The third kappa shape index (κ3) is 6.79. The molecule has 2 rings (SSSR count). The molecule has 7 nitrogen and oxygen atoms in total. The average molecular weight is 404 g/mol. The number of hydrogen-bond acceptors (Lipinski definition) is 5. The Bertz CT molecular complexity index is 927. The van der Waals surface area contributed by atoms with Gasteiger partial charge in [0.25, 0.3) is 0 Å². The lowest BCUT2D eigenvalue weighted by Crippen LogP contribution is -2.34. The van der Waals surface area contributed by atoms with Crippen LogP contribution in [0.3, 0.4) is 0 Å². The molecule has 0 saturated carbocycles. The number of sulfonamides is 1. The summed E-state index contributed by atoms with van der Waals surface area (Å²) in [7, 11) is -3.70. The molecule has 2 N–H and O–H groups in total. The molecule has 2 aromatic carbocycles. The van der Waals surface area contributed by atoms with Gasteiger partial charge in [0.05, 0.1) is 4.90 Å². The second kappa shape index (κ2) is 10.0. The quantitative estimate of drug-likeness (QED) is 0.621. The molecule has 0 aromatic heterocycles. The first kappa shape index (κ1) is 21.6. The Kier molecular flexibility index (Phi) is 7.71. The number of aryl methyl sites for hydroxylation is 2. The van der Waals surface area contributed by atoms with Gasteiger partial charge in [-0.1, -0.05) is 48.0 Å². The van der Waals surface area contributed by atoms with Gasteiger partial charge in [0.2, 0.25) is 15.9 Å². The normalized spacial score (nSPS) is 11.1. The lowest BCUT2D eigenvalue weighted by molar-refractivity contribution is -0.145. The molecule has 0 aliphatic carbocycles. The Morgan fingerprint density at radius 2 is 1.75 bits per heavy atom. The molecule has 0 spiro atoms. The summed E-state index contributed by atoms with van der Waals surface area (Å²) in [4.78, 5) is 23.6. The van der Waals surface area contributed by atoms with E-state index >= 15 is 0 Å². The molecule has 0 saturated heterocycles. The van der Waals surface area contributed by atoms with Gasteiger partial charge in [-0.15, -0.1) is 0 Å². The summed E-state index contributed by atoms with van der Waals surface area (Å²) >= 11 is 0. The molecule has 8 heteroatoms. The van der Waals surface area contributed by atoms with E-state index in [1.165, 1.54) is 6.07 Å². The third-order valence-corrected chi connectivity index (χ3v) is 5.56. The molecule has 0 fully saturated rings. The summed E-state index contributed by atoms with van der Waals surface area (Å²) in [5.41, 5.74) is 2.45. The molecule has 0 heterocycles. The molecule has 0 atom stereocenters. The molecular formula is C20H24N2O5S. The van der Waals surface area contributed by atoms with Crippen molar-refractivity contribution < 1.29 is 22.7 Å². The van der Waals surface area contributed by atoms with Crippen molar-refractivity contribution in [2.75, 3.05) is 13.1 Å². The molecule has 28 heavy (non-hydrogen) atoms. The van der Waals surface area contributed by atoms with Gasteiger partial charge in [0, 0.05) is 13.0 Å². The van der Waals surface area contributed by atoms with Crippen LogP contribution in [-0.2, 0) is 31.0 Å². The number of nitrogens with one attached hydrogen (secondary N) is 2. The average Bonchev–Trinajstić information content (AvgIpc) is 2.65. The first-order valence-corrected chi connectivity index (χ1v) is 10.3. The molecule has 0 aliphatic rings. The number of benzene rings is 2. The Hall–Kier alpha value is -2.71. The first-order chi connectivity index (χ1) is 13.3. The zero-order chi connectivity index (χ0) is 20.6. The van der Waals surface area contributed by atoms with Crippen LogP contribution in [0.2, 0.25) is 0 Å². The van der Waals surface area contributed by atoms with Crippen molar-refractivity contribution in [3.8, 4) is 0 Å². The van der Waals surface area contributed by atoms with E-state index in [0.29, 0.717) is 5.56 Å². The highest BCUT2D eigenvalue weighted by Gasteiger charge is 2.17. The smallest absolute Gasteiger partial charge is 0.325 e. The maximum absolute atomic E-state index is 12.3. The topological polar surface area (TPSA) is 102 Å². The highest BCUT2D eigenvalue weighted by atomic mass is 32.2. The number of carbonyl (C=O) groups excluding carboxylic acids is 2. The van der Waals surface area contributed by atoms with Crippen molar-refractivity contribution in [2.45, 2.75) is 31.8 Å². The predicted molar refractivity (Wildman–Crippen MR) is 105 cm³/mol. The van der Waals surface area contributed by atoms with Crippen LogP contribution in [0.1, 0.15) is 23.1 Å². The predicted octanol–water partition coefficient (Wildman–Crippen LogP) is 1.83. The molecule has 150 valence electrons. The minimum absolute atomic E-state index is 0.0689. The monoisotopic (exact) mass is 404 g/mol. The lowest BCUT2D eigenvalue weighted by Gasteiger charge is -2.10. The summed E-state index contributed by atoms with van der Waals surface area (Å²) in [6.07, 6.45) is -0.0872. The summed E-state index contributed by atoms with van der Waals surface area (Å²) in [6, 6.07) is 14.2. The van der Waals surface area contributed by atoms with Crippen LogP contribution in [-0.4, -0.2) is 33.4 Å². The van der Waals surface area contributed by atoms with Crippen LogP contribution < -0.4 is 10.0 Å². The highest BCUT2D eigenvalue weighted by Crippen LogP contribution is 2.16. The van der Waals surface area contributed by atoms with Crippen molar-refractivity contribution in [1.82, 2.24) is 10.0 Å². The Morgan fingerprint density at radius 3 is 2.43 bits per heavy atom. The second-order valence-electron chi connectivity index (χ2n) is 6.34. The number of amides is 1. The van der Waals surface area contributed by atoms with Gasteiger partial charge in [-0.25, -0.2) is 13.1 Å². The minimum atomic E-state index is -3.70. The number of hydrogen-bond donors (Lipinski definition) is 2. The van der Waals surface area contributed by atoms with E-state index in [1.807, 2.05) is 37.3 Å². The fourth-order valence-corrected chi connectivity index (χ4v) is 3.78. The minimum Gasteiger partial charge on any atom is -0.460 e. The van der Waals surface area contributed by atoms with Crippen LogP contribution in [0.5, 0.6) is 0 Å². The van der Waals surface area contributed by atoms with Gasteiger partial charge in [-0.3, -0.25) is 9.59 Å². The highest BCUT2D eigenvalue weighted by molar-refractivity contribution is 7.89. The molecule has 0 radical (unpaired) electrons. The maximum atomic E-state index is 12.3. The largest absolute Gasteiger partial charge is 0.460 e.